The summed E-state index contributed by atoms with van der Waals surface area (Å²) in [4.78, 5) is 12.0. The summed E-state index contributed by atoms with van der Waals surface area (Å²) >= 11 is 0. The van der Waals surface area contributed by atoms with Crippen LogP contribution in [-0.2, 0) is 0 Å². The van der Waals surface area contributed by atoms with Crippen molar-refractivity contribution in [3.8, 4) is 0 Å². The predicted octanol–water partition coefficient (Wildman–Crippen LogP) is 2.12. The molecule has 1 N–H and O–H groups in total. The summed E-state index contributed by atoms with van der Waals surface area (Å²) < 4.78 is 1.99. The lowest BCUT2D eigenvalue weighted by Crippen LogP contribution is -2.33. The molecule has 1 unspecified atom stereocenters. The van der Waals surface area contributed by atoms with Gasteiger partial charge in [0.2, 0.25) is 0 Å². The number of pyridine rings is 1. The molecule has 1 atom stereocenters. The minimum atomic E-state index is -0.123. The molecule has 0 aliphatic rings. The highest BCUT2D eigenvalue weighted by Crippen LogP contribution is 2.10. The molecule has 2 rings (SSSR count). The van der Waals surface area contributed by atoms with Crippen molar-refractivity contribution in [2.24, 2.45) is 0 Å². The third-order valence-electron chi connectivity index (χ3n) is 2.72. The summed E-state index contributed by atoms with van der Waals surface area (Å²) in [5.41, 5.74) is 1.81. The lowest BCUT2D eigenvalue weighted by atomic mass is 10.1. The Labute approximate surface area is 95.1 Å². The Hall–Kier alpha value is -1.61. The number of nitrogens with one attached hydrogen (secondary N) is 1. The fourth-order valence-electron chi connectivity index (χ4n) is 1.84. The van der Waals surface area contributed by atoms with E-state index >= 15 is 0 Å². The zero-order valence-corrected chi connectivity index (χ0v) is 9.60. The van der Waals surface area contributed by atoms with E-state index in [1.165, 1.54) is 0 Å². The number of Topliss-reactive ketones (excluding diaryl/α,β-unsaturated/α-hetero) is 1. The first-order chi connectivity index (χ1) is 7.72. The maximum absolute atomic E-state index is 12.0. The quantitative estimate of drug-likeness (QED) is 0.794. The zero-order chi connectivity index (χ0) is 11.5. The van der Waals surface area contributed by atoms with Crippen molar-refractivity contribution in [2.75, 3.05) is 6.54 Å². The van der Waals surface area contributed by atoms with Gasteiger partial charge in [-0.15, -0.1) is 0 Å². The van der Waals surface area contributed by atoms with Gasteiger partial charge in [-0.2, -0.15) is 0 Å². The molecule has 2 heterocycles. The molecule has 0 aliphatic carbocycles. The third kappa shape index (κ3) is 1.99. The number of ketones is 1. The van der Waals surface area contributed by atoms with E-state index in [9.17, 15) is 4.79 Å². The Morgan fingerprint density at radius 2 is 2.25 bits per heavy atom. The predicted molar refractivity (Wildman–Crippen MR) is 64.9 cm³/mol. The second-order valence-electron chi connectivity index (χ2n) is 3.90. The lowest BCUT2D eigenvalue weighted by Gasteiger charge is -2.11. The summed E-state index contributed by atoms with van der Waals surface area (Å²) in [5.74, 6) is 0.144. The molecule has 0 spiro atoms. The van der Waals surface area contributed by atoms with Crippen LogP contribution < -0.4 is 5.32 Å². The molecule has 3 nitrogen and oxygen atoms in total. The second kappa shape index (κ2) is 4.49. The van der Waals surface area contributed by atoms with Gasteiger partial charge in [0.25, 0.3) is 0 Å². The average Bonchev–Trinajstić information content (AvgIpc) is 2.75. The second-order valence-corrected chi connectivity index (χ2v) is 3.90. The standard InChI is InChI=1S/C13H16N2O/c1-3-14-10(2)13(16)11-6-8-15-7-4-5-12(15)9-11/h4-10,14H,3H2,1-2H3. The van der Waals surface area contributed by atoms with Crippen LogP contribution in [-0.4, -0.2) is 22.8 Å². The number of carbonyl (C=O) groups excluding carboxylic acids is 1. The molecule has 0 aromatic carbocycles. The van der Waals surface area contributed by atoms with Crippen molar-refractivity contribution in [1.29, 1.82) is 0 Å². The zero-order valence-electron chi connectivity index (χ0n) is 9.60. The first-order valence-electron chi connectivity index (χ1n) is 5.56. The molecule has 0 amide bonds. The molecule has 0 bridgehead atoms. The average molecular weight is 216 g/mol. The van der Waals surface area contributed by atoms with Crippen LogP contribution in [0.3, 0.4) is 0 Å². The lowest BCUT2D eigenvalue weighted by molar-refractivity contribution is 0.0952. The smallest absolute Gasteiger partial charge is 0.179 e. The van der Waals surface area contributed by atoms with Crippen LogP contribution in [0.4, 0.5) is 0 Å². The topological polar surface area (TPSA) is 33.5 Å². The van der Waals surface area contributed by atoms with Crippen LogP contribution in [0.25, 0.3) is 5.52 Å². The fourth-order valence-corrected chi connectivity index (χ4v) is 1.84. The fraction of sp³-hybridized carbons (Fsp3) is 0.308. The van der Waals surface area contributed by atoms with E-state index in [1.807, 2.05) is 54.9 Å². The number of hydrogen-bond donors (Lipinski definition) is 1. The Kier molecular flexibility index (Phi) is 3.06. The molecule has 0 radical (unpaired) electrons. The van der Waals surface area contributed by atoms with Gasteiger partial charge in [-0.1, -0.05) is 6.92 Å². The molecule has 84 valence electrons. The molecule has 0 saturated heterocycles. The number of rotatable bonds is 4. The van der Waals surface area contributed by atoms with Crippen molar-refractivity contribution >= 4 is 11.3 Å². The summed E-state index contributed by atoms with van der Waals surface area (Å²) in [7, 11) is 0. The van der Waals surface area contributed by atoms with Gasteiger partial charge >= 0.3 is 0 Å². The van der Waals surface area contributed by atoms with Gasteiger partial charge in [-0.3, -0.25) is 4.79 Å². The SMILES string of the molecule is CCNC(C)C(=O)c1ccn2cccc2c1. The van der Waals surface area contributed by atoms with Gasteiger partial charge in [-0.05, 0) is 37.7 Å². The van der Waals surface area contributed by atoms with Crippen LogP contribution in [0, 0.1) is 0 Å². The number of fused-ring (bicyclic) bond motifs is 1. The van der Waals surface area contributed by atoms with Crippen molar-refractivity contribution in [2.45, 2.75) is 19.9 Å². The first kappa shape index (κ1) is 10.9. The van der Waals surface area contributed by atoms with E-state index in [2.05, 4.69) is 5.32 Å². The number of likely N-dealkylation sites (N-methyl/N-ethyl adjacent to an activating group) is 1. The van der Waals surface area contributed by atoms with Gasteiger partial charge in [0.05, 0.1) is 6.04 Å². The molecule has 0 saturated carbocycles. The molecular weight excluding hydrogens is 200 g/mol. The first-order valence-corrected chi connectivity index (χ1v) is 5.56. The van der Waals surface area contributed by atoms with Crippen LogP contribution >= 0.6 is 0 Å². The highest BCUT2D eigenvalue weighted by Gasteiger charge is 2.13. The van der Waals surface area contributed by atoms with Gasteiger partial charge in [0, 0.05) is 23.5 Å². The summed E-state index contributed by atoms with van der Waals surface area (Å²) in [5, 5.41) is 3.13. The minimum Gasteiger partial charge on any atom is -0.324 e. The summed E-state index contributed by atoms with van der Waals surface area (Å²) in [6, 6.07) is 7.63. The third-order valence-corrected chi connectivity index (χ3v) is 2.72. The van der Waals surface area contributed by atoms with Gasteiger partial charge in [-0.25, -0.2) is 0 Å². The van der Waals surface area contributed by atoms with Crippen LogP contribution in [0.15, 0.2) is 36.7 Å². The monoisotopic (exact) mass is 216 g/mol. The maximum Gasteiger partial charge on any atom is 0.179 e. The molecule has 2 aromatic heterocycles. The van der Waals surface area contributed by atoms with Crippen molar-refractivity contribution in [3.05, 3.63) is 42.2 Å². The van der Waals surface area contributed by atoms with Crippen molar-refractivity contribution < 1.29 is 4.79 Å². The molecule has 16 heavy (non-hydrogen) atoms. The van der Waals surface area contributed by atoms with Crippen molar-refractivity contribution in [1.82, 2.24) is 9.72 Å². The largest absolute Gasteiger partial charge is 0.324 e. The van der Waals surface area contributed by atoms with Gasteiger partial charge in [0.1, 0.15) is 0 Å². The van der Waals surface area contributed by atoms with E-state index < -0.39 is 0 Å². The minimum absolute atomic E-state index is 0.123. The molecule has 2 aromatic rings. The highest BCUT2D eigenvalue weighted by atomic mass is 16.1. The van der Waals surface area contributed by atoms with Crippen LogP contribution in [0.5, 0.6) is 0 Å². The highest BCUT2D eigenvalue weighted by molar-refractivity contribution is 6.00. The van der Waals surface area contributed by atoms with Crippen LogP contribution in [0.1, 0.15) is 24.2 Å². The Balaban J connectivity index is 2.28. The van der Waals surface area contributed by atoms with Crippen LogP contribution in [0.2, 0.25) is 0 Å². The van der Waals surface area contributed by atoms with E-state index in [4.69, 9.17) is 0 Å². The molecule has 0 aliphatic heterocycles. The van der Waals surface area contributed by atoms with Gasteiger partial charge in [0.15, 0.2) is 5.78 Å². The Bertz CT molecular complexity index is 501. The summed E-state index contributed by atoms with van der Waals surface area (Å²) in [6.07, 6.45) is 3.89. The van der Waals surface area contributed by atoms with E-state index in [1.54, 1.807) is 0 Å². The van der Waals surface area contributed by atoms with E-state index in [-0.39, 0.29) is 11.8 Å². The summed E-state index contributed by atoms with van der Waals surface area (Å²) in [6.45, 7) is 4.70. The molecule has 0 fully saturated rings. The number of carbonyl (C=O) groups is 1. The Morgan fingerprint density at radius 3 is 3.00 bits per heavy atom. The normalized spacial score (nSPS) is 12.9. The molecule has 3 heteroatoms. The van der Waals surface area contributed by atoms with E-state index in [0.717, 1.165) is 17.6 Å². The van der Waals surface area contributed by atoms with Gasteiger partial charge < -0.3 is 9.72 Å². The van der Waals surface area contributed by atoms with Crippen molar-refractivity contribution in [3.63, 3.8) is 0 Å². The maximum atomic E-state index is 12.0. The number of nitrogens with zero attached hydrogens (tertiary/aromatic N) is 1. The van der Waals surface area contributed by atoms with E-state index in [0.29, 0.717) is 0 Å². The molecular formula is C13H16N2O. The number of hydrogen-bond acceptors (Lipinski definition) is 2. The number of aromatic nitrogens is 1. The Morgan fingerprint density at radius 1 is 1.44 bits per heavy atom.